The lowest BCUT2D eigenvalue weighted by molar-refractivity contribution is 0.0939. The van der Waals surface area contributed by atoms with Crippen LogP contribution < -0.4 is 15.8 Å². The molecule has 5 heteroatoms. The van der Waals surface area contributed by atoms with Crippen molar-refractivity contribution in [3.8, 4) is 5.75 Å². The first-order chi connectivity index (χ1) is 8.70. The van der Waals surface area contributed by atoms with E-state index in [1.54, 1.807) is 25.3 Å². The van der Waals surface area contributed by atoms with Gasteiger partial charge in [0.15, 0.2) is 0 Å². The number of ether oxygens (including phenoxy) is 1. The van der Waals surface area contributed by atoms with Crippen LogP contribution in [-0.4, -0.2) is 30.6 Å². The number of hydrogen-bond donors (Lipinski definition) is 2. The predicted octanol–water partition coefficient (Wildman–Crippen LogP) is 1.90. The van der Waals surface area contributed by atoms with Crippen LogP contribution in [0.5, 0.6) is 5.75 Å². The number of thioether (sulfide) groups is 1. The quantitative estimate of drug-likeness (QED) is 0.820. The first-order valence-corrected chi connectivity index (χ1v) is 7.18. The van der Waals surface area contributed by atoms with Gasteiger partial charge in [0, 0.05) is 23.5 Å². The summed E-state index contributed by atoms with van der Waals surface area (Å²) < 4.78 is 5.06. The number of nitrogens with two attached hydrogens (primary N) is 1. The summed E-state index contributed by atoms with van der Waals surface area (Å²) in [6, 6.07) is 5.39. The van der Waals surface area contributed by atoms with Crippen LogP contribution in [-0.2, 0) is 0 Å². The van der Waals surface area contributed by atoms with Crippen molar-refractivity contribution in [2.24, 2.45) is 0 Å². The fourth-order valence-electron chi connectivity index (χ4n) is 1.99. The van der Waals surface area contributed by atoms with Crippen LogP contribution in [0.15, 0.2) is 18.2 Å². The van der Waals surface area contributed by atoms with Crippen LogP contribution in [0, 0.1) is 0 Å². The fraction of sp³-hybridized carbons (Fsp3) is 0.462. The lowest BCUT2D eigenvalue weighted by Gasteiger charge is -2.22. The van der Waals surface area contributed by atoms with Crippen LogP contribution in [0.4, 0.5) is 5.69 Å². The Hall–Kier alpha value is -1.36. The van der Waals surface area contributed by atoms with Crippen molar-refractivity contribution >= 4 is 23.4 Å². The first-order valence-electron chi connectivity index (χ1n) is 6.03. The smallest absolute Gasteiger partial charge is 0.253 e. The van der Waals surface area contributed by atoms with Crippen LogP contribution in [0.3, 0.4) is 0 Å². The molecule has 1 fully saturated rings. The SMILES string of the molecule is COc1ccc(C(=O)NC2CCCSC2)c(N)c1. The molecular formula is C13H18N2O2S. The fourth-order valence-corrected chi connectivity index (χ4v) is 3.06. The molecule has 1 unspecified atom stereocenters. The number of carbonyl (C=O) groups is 1. The van der Waals surface area contributed by atoms with E-state index in [0.29, 0.717) is 17.0 Å². The zero-order valence-corrected chi connectivity index (χ0v) is 11.3. The number of hydrogen-bond acceptors (Lipinski definition) is 4. The third-order valence-corrected chi connectivity index (χ3v) is 4.21. The van der Waals surface area contributed by atoms with Crippen molar-refractivity contribution in [1.82, 2.24) is 5.32 Å². The Balaban J connectivity index is 2.03. The van der Waals surface area contributed by atoms with Gasteiger partial charge in [-0.25, -0.2) is 0 Å². The third-order valence-electron chi connectivity index (χ3n) is 3.00. The minimum atomic E-state index is -0.0948. The van der Waals surface area contributed by atoms with E-state index < -0.39 is 0 Å². The number of nitrogens with one attached hydrogen (secondary N) is 1. The molecule has 1 aliphatic rings. The van der Waals surface area contributed by atoms with Gasteiger partial charge in [-0.15, -0.1) is 0 Å². The number of methoxy groups -OCH3 is 1. The van der Waals surface area contributed by atoms with E-state index in [9.17, 15) is 4.79 Å². The molecule has 0 radical (unpaired) electrons. The van der Waals surface area contributed by atoms with Gasteiger partial charge in [-0.3, -0.25) is 4.79 Å². The zero-order valence-electron chi connectivity index (χ0n) is 10.4. The van der Waals surface area contributed by atoms with Gasteiger partial charge >= 0.3 is 0 Å². The van der Waals surface area contributed by atoms with Crippen LogP contribution in [0.2, 0.25) is 0 Å². The molecule has 0 bridgehead atoms. The number of rotatable bonds is 3. The Kier molecular flexibility index (Phi) is 4.36. The largest absolute Gasteiger partial charge is 0.497 e. The topological polar surface area (TPSA) is 64.3 Å². The van der Waals surface area contributed by atoms with Crippen LogP contribution in [0.1, 0.15) is 23.2 Å². The average molecular weight is 266 g/mol. The molecule has 4 nitrogen and oxygen atoms in total. The summed E-state index contributed by atoms with van der Waals surface area (Å²) in [6.07, 6.45) is 2.21. The van der Waals surface area contributed by atoms with E-state index in [4.69, 9.17) is 10.5 Å². The highest BCUT2D eigenvalue weighted by Crippen LogP contribution is 2.21. The summed E-state index contributed by atoms with van der Waals surface area (Å²) in [6.45, 7) is 0. The van der Waals surface area contributed by atoms with Crippen molar-refractivity contribution in [2.75, 3.05) is 24.3 Å². The van der Waals surface area contributed by atoms with E-state index in [1.807, 2.05) is 11.8 Å². The average Bonchev–Trinajstić information content (AvgIpc) is 2.39. The minimum absolute atomic E-state index is 0.0948. The van der Waals surface area contributed by atoms with Crippen molar-refractivity contribution in [3.63, 3.8) is 0 Å². The van der Waals surface area contributed by atoms with Gasteiger partial charge in [-0.2, -0.15) is 11.8 Å². The molecule has 18 heavy (non-hydrogen) atoms. The molecule has 1 saturated heterocycles. The molecule has 2 rings (SSSR count). The number of anilines is 1. The van der Waals surface area contributed by atoms with Gasteiger partial charge in [0.25, 0.3) is 5.91 Å². The second kappa shape index (κ2) is 6.00. The molecule has 1 amide bonds. The Morgan fingerprint density at radius 2 is 2.39 bits per heavy atom. The van der Waals surface area contributed by atoms with Crippen LogP contribution in [0.25, 0.3) is 0 Å². The summed E-state index contributed by atoms with van der Waals surface area (Å²) in [5.74, 6) is 2.75. The van der Waals surface area contributed by atoms with Crippen molar-refractivity contribution in [3.05, 3.63) is 23.8 Å². The van der Waals surface area contributed by atoms with Gasteiger partial charge in [0.05, 0.1) is 12.7 Å². The maximum atomic E-state index is 12.1. The molecule has 1 aromatic carbocycles. The third kappa shape index (κ3) is 3.10. The number of carbonyl (C=O) groups excluding carboxylic acids is 1. The molecule has 0 spiro atoms. The molecule has 0 saturated carbocycles. The Morgan fingerprint density at radius 3 is 3.00 bits per heavy atom. The Bertz CT molecular complexity index is 431. The second-order valence-electron chi connectivity index (χ2n) is 4.34. The van der Waals surface area contributed by atoms with Crippen molar-refractivity contribution < 1.29 is 9.53 Å². The molecule has 1 aliphatic heterocycles. The molecule has 1 heterocycles. The molecular weight excluding hydrogens is 248 g/mol. The highest BCUT2D eigenvalue weighted by molar-refractivity contribution is 7.99. The number of nitrogen functional groups attached to an aromatic ring is 1. The van der Waals surface area contributed by atoms with Gasteiger partial charge in [0.2, 0.25) is 0 Å². The highest BCUT2D eigenvalue weighted by Gasteiger charge is 2.18. The second-order valence-corrected chi connectivity index (χ2v) is 5.49. The van der Waals surface area contributed by atoms with Crippen LogP contribution >= 0.6 is 11.8 Å². The Morgan fingerprint density at radius 1 is 1.56 bits per heavy atom. The minimum Gasteiger partial charge on any atom is -0.497 e. The van der Waals surface area contributed by atoms with E-state index in [2.05, 4.69) is 5.32 Å². The van der Waals surface area contributed by atoms with E-state index in [0.717, 1.165) is 18.6 Å². The van der Waals surface area contributed by atoms with Crippen molar-refractivity contribution in [2.45, 2.75) is 18.9 Å². The highest BCUT2D eigenvalue weighted by atomic mass is 32.2. The monoisotopic (exact) mass is 266 g/mol. The summed E-state index contributed by atoms with van der Waals surface area (Å²) in [5.41, 5.74) is 6.83. The van der Waals surface area contributed by atoms with Gasteiger partial charge in [0.1, 0.15) is 5.75 Å². The number of benzene rings is 1. The van der Waals surface area contributed by atoms with Crippen molar-refractivity contribution in [1.29, 1.82) is 0 Å². The van der Waals surface area contributed by atoms with E-state index in [1.165, 1.54) is 5.75 Å². The lowest BCUT2D eigenvalue weighted by Crippen LogP contribution is -2.38. The summed E-state index contributed by atoms with van der Waals surface area (Å²) in [4.78, 5) is 12.1. The molecule has 3 N–H and O–H groups in total. The summed E-state index contributed by atoms with van der Waals surface area (Å²) >= 11 is 1.88. The molecule has 1 atom stereocenters. The van der Waals surface area contributed by atoms with Gasteiger partial charge < -0.3 is 15.8 Å². The summed E-state index contributed by atoms with van der Waals surface area (Å²) in [5, 5.41) is 3.03. The molecule has 1 aromatic rings. The van der Waals surface area contributed by atoms with E-state index in [-0.39, 0.29) is 11.9 Å². The maximum absolute atomic E-state index is 12.1. The molecule has 98 valence electrons. The maximum Gasteiger partial charge on any atom is 0.253 e. The molecule has 0 aromatic heterocycles. The van der Waals surface area contributed by atoms with Gasteiger partial charge in [-0.1, -0.05) is 0 Å². The van der Waals surface area contributed by atoms with Gasteiger partial charge in [-0.05, 0) is 30.7 Å². The first kappa shape index (κ1) is 13.1. The predicted molar refractivity (Wildman–Crippen MR) is 75.2 cm³/mol. The summed E-state index contributed by atoms with van der Waals surface area (Å²) in [7, 11) is 1.58. The normalized spacial score (nSPS) is 19.3. The standard InChI is InChI=1S/C13H18N2O2S/c1-17-10-4-5-11(12(14)7-10)13(16)15-9-3-2-6-18-8-9/h4-5,7,9H,2-3,6,8,14H2,1H3,(H,15,16). The zero-order chi connectivity index (χ0) is 13.0. The van der Waals surface area contributed by atoms with E-state index >= 15 is 0 Å². The number of amides is 1. The molecule has 0 aliphatic carbocycles. The Labute approximate surface area is 111 Å². The lowest BCUT2D eigenvalue weighted by atomic mass is 10.1.